The zero-order chi connectivity index (χ0) is 18.4. The lowest BCUT2D eigenvalue weighted by molar-refractivity contribution is 0.251. The monoisotopic (exact) mass is 369 g/mol. The molecule has 26 heavy (non-hydrogen) atoms. The zero-order valence-electron chi connectivity index (χ0n) is 13.5. The molecule has 0 aliphatic rings. The highest BCUT2D eigenvalue weighted by molar-refractivity contribution is 7.91. The van der Waals surface area contributed by atoms with Gasteiger partial charge in [0.15, 0.2) is 5.03 Å². The Balaban J connectivity index is 1.63. The van der Waals surface area contributed by atoms with Crippen LogP contribution in [0.5, 0.6) is 0 Å². The third kappa shape index (κ3) is 4.19. The molecule has 2 aromatic heterocycles. The van der Waals surface area contributed by atoms with Crippen LogP contribution in [-0.4, -0.2) is 29.4 Å². The molecule has 8 nitrogen and oxygen atoms in total. The standard InChI is InChI=1S/C17H15N5O3S/c23-17(21-11-13-5-7-18-8-6-13)22-14-1-3-15(4-2-14)26(24,25)16-12-19-9-10-20-16/h1-10,12H,11H2,(H2,21,22,23). The van der Waals surface area contributed by atoms with E-state index in [2.05, 4.69) is 25.6 Å². The quantitative estimate of drug-likeness (QED) is 0.711. The van der Waals surface area contributed by atoms with Gasteiger partial charge in [0, 0.05) is 37.0 Å². The molecule has 0 saturated carbocycles. The summed E-state index contributed by atoms with van der Waals surface area (Å²) in [4.78, 5) is 23.5. The van der Waals surface area contributed by atoms with Crippen LogP contribution in [0, 0.1) is 0 Å². The summed E-state index contributed by atoms with van der Waals surface area (Å²) in [6.45, 7) is 0.355. The van der Waals surface area contributed by atoms with Gasteiger partial charge in [0.1, 0.15) is 0 Å². The molecule has 2 amide bonds. The van der Waals surface area contributed by atoms with Gasteiger partial charge in [0.25, 0.3) is 0 Å². The van der Waals surface area contributed by atoms with Gasteiger partial charge < -0.3 is 10.6 Å². The highest BCUT2D eigenvalue weighted by Crippen LogP contribution is 2.20. The Kier molecular flexibility index (Phi) is 5.18. The van der Waals surface area contributed by atoms with Crippen LogP contribution >= 0.6 is 0 Å². The SMILES string of the molecule is O=C(NCc1ccncc1)Nc1ccc(S(=O)(=O)c2cnccn2)cc1. The number of urea groups is 1. The lowest BCUT2D eigenvalue weighted by atomic mass is 10.3. The highest BCUT2D eigenvalue weighted by atomic mass is 32.2. The Labute approximate surface area is 150 Å². The second-order valence-electron chi connectivity index (χ2n) is 5.23. The summed E-state index contributed by atoms with van der Waals surface area (Å²) in [5.74, 6) is 0. The number of hydrogen-bond acceptors (Lipinski definition) is 6. The van der Waals surface area contributed by atoms with Crippen LogP contribution in [0.15, 0.2) is 77.3 Å². The third-order valence-electron chi connectivity index (χ3n) is 3.44. The van der Waals surface area contributed by atoms with E-state index in [-0.39, 0.29) is 9.92 Å². The number of pyridine rings is 1. The first-order valence-electron chi connectivity index (χ1n) is 7.60. The fourth-order valence-corrected chi connectivity index (χ4v) is 3.26. The minimum absolute atomic E-state index is 0.0701. The molecule has 0 saturated heterocycles. The number of nitrogens with zero attached hydrogens (tertiary/aromatic N) is 3. The van der Waals surface area contributed by atoms with Gasteiger partial charge in [0.2, 0.25) is 9.84 Å². The molecule has 1 aromatic carbocycles. The van der Waals surface area contributed by atoms with Gasteiger partial charge in [-0.3, -0.25) is 9.97 Å². The first-order valence-corrected chi connectivity index (χ1v) is 9.09. The normalized spacial score (nSPS) is 10.9. The van der Waals surface area contributed by atoms with Crippen LogP contribution in [0.1, 0.15) is 5.56 Å². The zero-order valence-corrected chi connectivity index (χ0v) is 14.3. The molecule has 0 atom stereocenters. The van der Waals surface area contributed by atoms with Gasteiger partial charge in [-0.2, -0.15) is 0 Å². The van der Waals surface area contributed by atoms with E-state index in [1.165, 1.54) is 42.9 Å². The van der Waals surface area contributed by atoms with Crippen LogP contribution in [0.25, 0.3) is 0 Å². The fraction of sp³-hybridized carbons (Fsp3) is 0.0588. The number of sulfone groups is 1. The number of carbonyl (C=O) groups is 1. The first kappa shape index (κ1) is 17.5. The first-order chi connectivity index (χ1) is 12.6. The maximum atomic E-state index is 12.4. The minimum atomic E-state index is -3.74. The topological polar surface area (TPSA) is 114 Å². The van der Waals surface area contributed by atoms with Gasteiger partial charge in [-0.15, -0.1) is 0 Å². The van der Waals surface area contributed by atoms with E-state index in [9.17, 15) is 13.2 Å². The molecule has 0 bridgehead atoms. The molecular weight excluding hydrogens is 354 g/mol. The van der Waals surface area contributed by atoms with E-state index in [0.717, 1.165) is 5.56 Å². The van der Waals surface area contributed by atoms with Crippen molar-refractivity contribution in [1.82, 2.24) is 20.3 Å². The smallest absolute Gasteiger partial charge is 0.319 e. The van der Waals surface area contributed by atoms with Crippen molar-refractivity contribution in [2.45, 2.75) is 16.5 Å². The highest BCUT2D eigenvalue weighted by Gasteiger charge is 2.19. The van der Waals surface area contributed by atoms with Crippen molar-refractivity contribution in [2.75, 3.05) is 5.32 Å². The van der Waals surface area contributed by atoms with Crippen molar-refractivity contribution in [3.05, 3.63) is 72.9 Å². The minimum Gasteiger partial charge on any atom is -0.334 e. The van der Waals surface area contributed by atoms with E-state index >= 15 is 0 Å². The number of nitrogens with one attached hydrogen (secondary N) is 2. The largest absolute Gasteiger partial charge is 0.334 e. The molecular formula is C17H15N5O3S. The molecule has 3 aromatic rings. The van der Waals surface area contributed by atoms with E-state index < -0.39 is 15.9 Å². The number of anilines is 1. The van der Waals surface area contributed by atoms with Crippen molar-refractivity contribution in [3.8, 4) is 0 Å². The van der Waals surface area contributed by atoms with E-state index in [1.54, 1.807) is 24.5 Å². The number of aromatic nitrogens is 3. The lowest BCUT2D eigenvalue weighted by Gasteiger charge is -2.08. The number of benzene rings is 1. The molecule has 0 aliphatic carbocycles. The molecule has 0 spiro atoms. The van der Waals surface area contributed by atoms with Crippen molar-refractivity contribution in [3.63, 3.8) is 0 Å². The van der Waals surface area contributed by atoms with Gasteiger partial charge in [-0.25, -0.2) is 18.2 Å². The lowest BCUT2D eigenvalue weighted by Crippen LogP contribution is -2.28. The Bertz CT molecular complexity index is 978. The maximum absolute atomic E-state index is 12.4. The van der Waals surface area contributed by atoms with Gasteiger partial charge in [-0.1, -0.05) is 0 Å². The van der Waals surface area contributed by atoms with Crippen LogP contribution in [-0.2, 0) is 16.4 Å². The predicted octanol–water partition coefficient (Wildman–Crippen LogP) is 2.03. The average Bonchev–Trinajstić information content (AvgIpc) is 2.68. The second kappa shape index (κ2) is 7.70. The predicted molar refractivity (Wildman–Crippen MR) is 94.0 cm³/mol. The molecule has 9 heteroatoms. The Hall–Kier alpha value is -3.33. The molecule has 0 radical (unpaired) electrons. The van der Waals surface area contributed by atoms with Crippen LogP contribution < -0.4 is 10.6 Å². The van der Waals surface area contributed by atoms with E-state index in [0.29, 0.717) is 12.2 Å². The number of rotatable bonds is 5. The van der Waals surface area contributed by atoms with Crippen molar-refractivity contribution >= 4 is 21.6 Å². The summed E-state index contributed by atoms with van der Waals surface area (Å²) in [7, 11) is -3.74. The molecule has 0 unspecified atom stereocenters. The summed E-state index contributed by atoms with van der Waals surface area (Å²) >= 11 is 0. The second-order valence-corrected chi connectivity index (χ2v) is 7.13. The van der Waals surface area contributed by atoms with E-state index in [4.69, 9.17) is 0 Å². The fourth-order valence-electron chi connectivity index (χ4n) is 2.12. The summed E-state index contributed by atoms with van der Waals surface area (Å²) in [6, 6.07) is 9.03. The molecule has 3 rings (SSSR count). The Morgan fingerprint density at radius 2 is 1.65 bits per heavy atom. The van der Waals surface area contributed by atoms with Crippen molar-refractivity contribution in [1.29, 1.82) is 0 Å². The van der Waals surface area contributed by atoms with Crippen LogP contribution in [0.2, 0.25) is 0 Å². The van der Waals surface area contributed by atoms with Gasteiger partial charge >= 0.3 is 6.03 Å². The summed E-state index contributed by atoms with van der Waals surface area (Å²) < 4.78 is 24.8. The molecule has 132 valence electrons. The molecule has 2 heterocycles. The summed E-state index contributed by atoms with van der Waals surface area (Å²) in [5.41, 5.74) is 1.39. The van der Waals surface area contributed by atoms with E-state index in [1.807, 2.05) is 0 Å². The third-order valence-corrected chi connectivity index (χ3v) is 5.09. The molecule has 0 aliphatic heterocycles. The summed E-state index contributed by atoms with van der Waals surface area (Å²) in [5, 5.41) is 5.22. The number of amides is 2. The Morgan fingerprint density at radius 1 is 0.923 bits per heavy atom. The van der Waals surface area contributed by atoms with Gasteiger partial charge in [0.05, 0.1) is 11.1 Å². The average molecular weight is 369 g/mol. The van der Waals surface area contributed by atoms with Gasteiger partial charge in [-0.05, 0) is 42.0 Å². The Morgan fingerprint density at radius 3 is 2.31 bits per heavy atom. The number of carbonyl (C=O) groups excluding carboxylic acids is 1. The van der Waals surface area contributed by atoms with Crippen molar-refractivity contribution in [2.24, 2.45) is 0 Å². The van der Waals surface area contributed by atoms with Crippen LogP contribution in [0.3, 0.4) is 0 Å². The maximum Gasteiger partial charge on any atom is 0.319 e. The number of hydrogen-bond donors (Lipinski definition) is 2. The molecule has 0 fully saturated rings. The van der Waals surface area contributed by atoms with Crippen molar-refractivity contribution < 1.29 is 13.2 Å². The molecule has 2 N–H and O–H groups in total. The van der Waals surface area contributed by atoms with Crippen LogP contribution in [0.4, 0.5) is 10.5 Å². The summed E-state index contributed by atoms with van der Waals surface area (Å²) in [6.07, 6.45) is 7.19.